The molecule has 118 valence electrons. The van der Waals surface area contributed by atoms with Crippen molar-refractivity contribution in [2.75, 3.05) is 11.4 Å². The molecule has 2 aromatic rings. The summed E-state index contributed by atoms with van der Waals surface area (Å²) in [6, 6.07) is 8.40. The number of carboxylic acid groups (broad SMARTS) is 1. The first-order valence-electron chi connectivity index (χ1n) is 6.53. The summed E-state index contributed by atoms with van der Waals surface area (Å²) in [6.07, 6.45) is 0.366. The molecule has 0 amide bonds. The van der Waals surface area contributed by atoms with E-state index >= 15 is 0 Å². The second kappa shape index (κ2) is 6.45. The van der Waals surface area contributed by atoms with E-state index in [2.05, 4.69) is 4.37 Å². The second-order valence-electron chi connectivity index (χ2n) is 4.82. The fraction of sp³-hybridized carbons (Fsp3) is 0.286. The quantitative estimate of drug-likeness (QED) is 0.872. The number of aryl methyl sites for hydroxylation is 2. The summed E-state index contributed by atoms with van der Waals surface area (Å²) in [6.45, 7) is 1.74. The Morgan fingerprint density at radius 2 is 2.09 bits per heavy atom. The largest absolute Gasteiger partial charge is 0.481 e. The van der Waals surface area contributed by atoms with Gasteiger partial charge in [-0.3, -0.25) is 9.10 Å². The Morgan fingerprint density at radius 1 is 1.36 bits per heavy atom. The van der Waals surface area contributed by atoms with Gasteiger partial charge in [-0.2, -0.15) is 4.37 Å². The van der Waals surface area contributed by atoms with Crippen LogP contribution in [0.2, 0.25) is 0 Å². The molecule has 0 saturated carbocycles. The van der Waals surface area contributed by atoms with Gasteiger partial charge in [-0.1, -0.05) is 12.1 Å². The van der Waals surface area contributed by atoms with Crippen molar-refractivity contribution in [2.24, 2.45) is 0 Å². The number of aromatic nitrogens is 1. The maximum Gasteiger partial charge on any atom is 0.303 e. The van der Waals surface area contributed by atoms with E-state index in [4.69, 9.17) is 5.11 Å². The molecule has 1 aromatic heterocycles. The zero-order valence-corrected chi connectivity index (χ0v) is 13.8. The molecule has 0 aliphatic rings. The van der Waals surface area contributed by atoms with E-state index in [1.807, 2.05) is 0 Å². The lowest BCUT2D eigenvalue weighted by molar-refractivity contribution is -0.136. The Morgan fingerprint density at radius 3 is 2.68 bits per heavy atom. The van der Waals surface area contributed by atoms with Crippen molar-refractivity contribution in [3.8, 4) is 0 Å². The second-order valence-corrected chi connectivity index (χ2v) is 7.82. The van der Waals surface area contributed by atoms with Crippen molar-refractivity contribution in [1.82, 2.24) is 4.37 Å². The Kier molecular flexibility index (Phi) is 4.82. The third-order valence-corrected chi connectivity index (χ3v) is 6.21. The molecule has 0 atom stereocenters. The molecule has 2 rings (SSSR count). The van der Waals surface area contributed by atoms with Gasteiger partial charge >= 0.3 is 5.97 Å². The highest BCUT2D eigenvalue weighted by atomic mass is 32.2. The molecule has 8 heteroatoms. The Balaban J connectivity index is 2.27. The van der Waals surface area contributed by atoms with Crippen molar-refractivity contribution in [3.63, 3.8) is 0 Å². The normalized spacial score (nSPS) is 11.4. The SMILES string of the molecule is Cc1cc(S(=O)(=O)N(C)c2cccc(CCC(=O)O)c2)sn1. The van der Waals surface area contributed by atoms with Crippen LogP contribution in [0.15, 0.2) is 34.5 Å². The lowest BCUT2D eigenvalue weighted by Gasteiger charge is -2.18. The van der Waals surface area contributed by atoms with Crippen LogP contribution in [0.25, 0.3) is 0 Å². The van der Waals surface area contributed by atoms with Crippen LogP contribution in [0.3, 0.4) is 0 Å². The molecule has 1 heterocycles. The third-order valence-electron chi connectivity index (χ3n) is 3.12. The Hall–Kier alpha value is -1.93. The standard InChI is InChI=1S/C14H16N2O4S2/c1-10-8-14(21-15-10)22(19,20)16(2)12-5-3-4-11(9-12)6-7-13(17)18/h3-5,8-9H,6-7H2,1-2H3,(H,17,18). The van der Waals surface area contributed by atoms with Crippen LogP contribution in [-0.2, 0) is 21.2 Å². The van der Waals surface area contributed by atoms with E-state index in [1.165, 1.54) is 17.4 Å². The van der Waals surface area contributed by atoms with Crippen LogP contribution in [0.5, 0.6) is 0 Å². The van der Waals surface area contributed by atoms with Gasteiger partial charge in [-0.15, -0.1) is 0 Å². The van der Waals surface area contributed by atoms with Gasteiger partial charge in [0.2, 0.25) is 0 Å². The number of hydrogen-bond acceptors (Lipinski definition) is 5. The van der Waals surface area contributed by atoms with Crippen molar-refractivity contribution in [1.29, 1.82) is 0 Å². The van der Waals surface area contributed by atoms with Gasteiger partial charge in [0.25, 0.3) is 10.0 Å². The third kappa shape index (κ3) is 3.63. The lowest BCUT2D eigenvalue weighted by Crippen LogP contribution is -2.25. The van der Waals surface area contributed by atoms with Gasteiger partial charge in [-0.25, -0.2) is 8.42 Å². The minimum absolute atomic E-state index is 0.00789. The van der Waals surface area contributed by atoms with Gasteiger partial charge in [0.1, 0.15) is 0 Å². The lowest BCUT2D eigenvalue weighted by atomic mass is 10.1. The van der Waals surface area contributed by atoms with Crippen LogP contribution in [0.4, 0.5) is 5.69 Å². The number of aliphatic carboxylic acids is 1. The predicted octanol–water partition coefficient (Wildman–Crippen LogP) is 2.29. The molecule has 0 fully saturated rings. The highest BCUT2D eigenvalue weighted by Crippen LogP contribution is 2.25. The topological polar surface area (TPSA) is 87.6 Å². The average molecular weight is 340 g/mol. The molecule has 22 heavy (non-hydrogen) atoms. The molecule has 0 spiro atoms. The van der Waals surface area contributed by atoms with Crippen molar-refractivity contribution < 1.29 is 18.3 Å². The monoisotopic (exact) mass is 340 g/mol. The summed E-state index contributed by atoms with van der Waals surface area (Å²) in [5, 5.41) is 8.72. The molecular formula is C14H16N2O4S2. The summed E-state index contributed by atoms with van der Waals surface area (Å²) in [5.41, 5.74) is 1.93. The molecule has 0 saturated heterocycles. The summed E-state index contributed by atoms with van der Waals surface area (Å²) < 4.78 is 30.4. The van der Waals surface area contributed by atoms with E-state index in [1.54, 1.807) is 31.2 Å². The number of rotatable bonds is 6. The van der Waals surface area contributed by atoms with E-state index in [0.29, 0.717) is 17.8 Å². The van der Waals surface area contributed by atoms with Crippen molar-refractivity contribution in [3.05, 3.63) is 41.6 Å². The Labute approximate surface area is 133 Å². The minimum atomic E-state index is -3.65. The fourth-order valence-corrected chi connectivity index (χ4v) is 4.21. The zero-order chi connectivity index (χ0) is 16.3. The van der Waals surface area contributed by atoms with Crippen molar-refractivity contribution >= 4 is 33.2 Å². The van der Waals surface area contributed by atoms with E-state index in [0.717, 1.165) is 17.1 Å². The van der Waals surface area contributed by atoms with Crippen LogP contribution in [0, 0.1) is 6.92 Å². The molecule has 1 aromatic carbocycles. The van der Waals surface area contributed by atoms with Gasteiger partial charge in [0.15, 0.2) is 4.21 Å². The fourth-order valence-electron chi connectivity index (χ4n) is 1.89. The van der Waals surface area contributed by atoms with Gasteiger partial charge in [-0.05, 0) is 48.6 Å². The smallest absolute Gasteiger partial charge is 0.303 e. The maximum absolute atomic E-state index is 12.5. The first-order valence-corrected chi connectivity index (χ1v) is 8.75. The number of benzene rings is 1. The molecule has 0 aliphatic heterocycles. The van der Waals surface area contributed by atoms with E-state index in [9.17, 15) is 13.2 Å². The van der Waals surface area contributed by atoms with Crippen LogP contribution in [0.1, 0.15) is 17.7 Å². The van der Waals surface area contributed by atoms with Gasteiger partial charge in [0.05, 0.1) is 11.4 Å². The van der Waals surface area contributed by atoms with Crippen molar-refractivity contribution in [2.45, 2.75) is 24.0 Å². The number of hydrogen-bond donors (Lipinski definition) is 1. The number of nitrogens with zero attached hydrogens (tertiary/aromatic N) is 2. The summed E-state index contributed by atoms with van der Waals surface area (Å²) in [7, 11) is -2.17. The highest BCUT2D eigenvalue weighted by molar-refractivity contribution is 7.94. The molecule has 0 unspecified atom stereocenters. The average Bonchev–Trinajstić information content (AvgIpc) is 2.92. The molecule has 0 bridgehead atoms. The summed E-state index contributed by atoms with van der Waals surface area (Å²) in [4.78, 5) is 10.6. The molecule has 0 radical (unpaired) electrons. The minimum Gasteiger partial charge on any atom is -0.481 e. The van der Waals surface area contributed by atoms with E-state index in [-0.39, 0.29) is 10.6 Å². The summed E-state index contributed by atoms with van der Waals surface area (Å²) >= 11 is 0.941. The number of carboxylic acids is 1. The van der Waals surface area contributed by atoms with Crippen LogP contribution < -0.4 is 4.31 Å². The predicted molar refractivity (Wildman–Crippen MR) is 84.8 cm³/mol. The first kappa shape index (κ1) is 16.4. The summed E-state index contributed by atoms with van der Waals surface area (Å²) in [5.74, 6) is -0.883. The van der Waals surface area contributed by atoms with E-state index < -0.39 is 16.0 Å². The highest BCUT2D eigenvalue weighted by Gasteiger charge is 2.23. The molecule has 0 aliphatic carbocycles. The van der Waals surface area contributed by atoms with Crippen LogP contribution >= 0.6 is 11.5 Å². The van der Waals surface area contributed by atoms with Gasteiger partial charge < -0.3 is 5.11 Å². The van der Waals surface area contributed by atoms with Gasteiger partial charge in [0, 0.05) is 13.5 Å². The number of carbonyl (C=O) groups is 1. The van der Waals surface area contributed by atoms with Crippen LogP contribution in [-0.4, -0.2) is 30.9 Å². The maximum atomic E-state index is 12.5. The molecule has 1 N–H and O–H groups in total. The number of anilines is 1. The zero-order valence-electron chi connectivity index (χ0n) is 12.2. The molecular weight excluding hydrogens is 324 g/mol. The number of sulfonamides is 1. The molecule has 6 nitrogen and oxygen atoms in total. The Bertz CT molecular complexity index is 784. The first-order chi connectivity index (χ1) is 10.3.